The fourth-order valence-electron chi connectivity index (χ4n) is 7.38. The molecule has 0 radical (unpaired) electrons. The van der Waals surface area contributed by atoms with Gasteiger partial charge in [-0.25, -0.2) is 0 Å². The lowest BCUT2D eigenvalue weighted by Crippen LogP contribution is -2.26. The molecule has 0 aromatic heterocycles. The Morgan fingerprint density at radius 2 is 0.977 bits per heavy atom. The molecule has 0 heterocycles. The Morgan fingerprint density at radius 1 is 0.465 bits per heavy atom. The molecule has 0 aliphatic heterocycles. The van der Waals surface area contributed by atoms with Crippen molar-refractivity contribution in [2.75, 3.05) is 4.90 Å². The lowest BCUT2D eigenvalue weighted by atomic mass is 9.70. The van der Waals surface area contributed by atoms with E-state index in [1.807, 2.05) is 0 Å². The molecule has 0 amide bonds. The van der Waals surface area contributed by atoms with Crippen LogP contribution in [0.4, 0.5) is 17.1 Å². The number of unbranched alkanes of at least 4 members (excludes halogenated alkanes) is 10. The molecule has 0 bridgehead atoms. The van der Waals surface area contributed by atoms with Crippen LogP contribution in [0.3, 0.4) is 0 Å². The molecule has 4 aromatic rings. The number of anilines is 3. The molecule has 0 spiro atoms. The topological polar surface area (TPSA) is 3.24 Å². The summed E-state index contributed by atoms with van der Waals surface area (Å²) in [6.07, 6.45) is 18.6. The number of rotatable bonds is 17. The third-order valence-electron chi connectivity index (χ3n) is 9.73. The zero-order valence-corrected chi connectivity index (χ0v) is 27.1. The average Bonchev–Trinajstić information content (AvgIpc) is 3.31. The molecule has 4 aromatic carbocycles. The van der Waals surface area contributed by atoms with Crippen molar-refractivity contribution in [1.82, 2.24) is 0 Å². The number of para-hydroxylation sites is 1. The third-order valence-corrected chi connectivity index (χ3v) is 9.73. The van der Waals surface area contributed by atoms with E-state index >= 15 is 0 Å². The highest BCUT2D eigenvalue weighted by molar-refractivity contribution is 5.85. The van der Waals surface area contributed by atoms with Crippen LogP contribution in [-0.4, -0.2) is 0 Å². The SMILES string of the molecule is CCCCCCCCC1(CCCCCCCC)c2ccccc2-c2ccc(N(c3ccccc3)c3ccc(C)cc3)cc21. The molecule has 43 heavy (non-hydrogen) atoms. The standard InChI is InChI=1S/C42H53N/c1-4-6-8-10-12-19-31-42(32-20-13-11-9-7-5-2)40-24-18-17-23-38(40)39-30-29-37(33-41(39)42)43(35-21-15-14-16-22-35)36-27-25-34(3)26-28-36/h14-18,21-30,33H,4-13,19-20,31-32H2,1-3H3. The summed E-state index contributed by atoms with van der Waals surface area (Å²) < 4.78 is 0. The molecule has 0 atom stereocenters. The maximum Gasteiger partial charge on any atom is 0.0465 e. The van der Waals surface area contributed by atoms with Crippen molar-refractivity contribution in [3.8, 4) is 11.1 Å². The van der Waals surface area contributed by atoms with E-state index in [1.165, 1.54) is 124 Å². The summed E-state index contributed by atoms with van der Waals surface area (Å²) in [7, 11) is 0. The number of hydrogen-bond acceptors (Lipinski definition) is 1. The van der Waals surface area contributed by atoms with Crippen molar-refractivity contribution in [3.63, 3.8) is 0 Å². The Morgan fingerprint density at radius 3 is 1.63 bits per heavy atom. The first-order chi connectivity index (χ1) is 21.2. The van der Waals surface area contributed by atoms with Gasteiger partial charge in [0.1, 0.15) is 0 Å². The maximum absolute atomic E-state index is 2.57. The lowest BCUT2D eigenvalue weighted by Gasteiger charge is -2.34. The van der Waals surface area contributed by atoms with Gasteiger partial charge in [-0.05, 0) is 78.4 Å². The van der Waals surface area contributed by atoms with Crippen LogP contribution in [0, 0.1) is 6.92 Å². The van der Waals surface area contributed by atoms with Crippen molar-refractivity contribution in [3.05, 3.63) is 114 Å². The molecule has 1 aliphatic rings. The fourth-order valence-corrected chi connectivity index (χ4v) is 7.38. The smallest absolute Gasteiger partial charge is 0.0465 e. The highest BCUT2D eigenvalue weighted by Gasteiger charge is 2.42. The Hall–Kier alpha value is -3.32. The fraction of sp³-hybridized carbons (Fsp3) is 0.429. The summed E-state index contributed by atoms with van der Waals surface area (Å²) >= 11 is 0. The molecule has 226 valence electrons. The lowest BCUT2D eigenvalue weighted by molar-refractivity contribution is 0.398. The quantitative estimate of drug-likeness (QED) is 0.114. The van der Waals surface area contributed by atoms with Crippen molar-refractivity contribution in [1.29, 1.82) is 0 Å². The van der Waals surface area contributed by atoms with Gasteiger partial charge in [0, 0.05) is 22.5 Å². The van der Waals surface area contributed by atoms with E-state index in [9.17, 15) is 0 Å². The van der Waals surface area contributed by atoms with Crippen LogP contribution in [0.5, 0.6) is 0 Å². The van der Waals surface area contributed by atoms with Gasteiger partial charge in [0.05, 0.1) is 0 Å². The highest BCUT2D eigenvalue weighted by atomic mass is 15.1. The zero-order chi connectivity index (χ0) is 29.9. The van der Waals surface area contributed by atoms with Gasteiger partial charge < -0.3 is 4.90 Å². The summed E-state index contributed by atoms with van der Waals surface area (Å²) in [4.78, 5) is 2.45. The molecular weight excluding hydrogens is 518 g/mol. The van der Waals surface area contributed by atoms with Gasteiger partial charge in [-0.2, -0.15) is 0 Å². The number of nitrogens with zero attached hydrogens (tertiary/aromatic N) is 1. The molecule has 1 aliphatic carbocycles. The predicted molar refractivity (Wildman–Crippen MR) is 188 cm³/mol. The maximum atomic E-state index is 2.57. The zero-order valence-electron chi connectivity index (χ0n) is 27.1. The minimum Gasteiger partial charge on any atom is -0.310 e. The van der Waals surface area contributed by atoms with Gasteiger partial charge in [-0.15, -0.1) is 0 Å². The summed E-state index contributed by atoms with van der Waals surface area (Å²) in [5, 5.41) is 0. The van der Waals surface area contributed by atoms with Gasteiger partial charge in [-0.1, -0.05) is 157 Å². The van der Waals surface area contributed by atoms with Gasteiger partial charge in [-0.3, -0.25) is 0 Å². The monoisotopic (exact) mass is 571 g/mol. The van der Waals surface area contributed by atoms with Crippen molar-refractivity contribution in [2.45, 2.75) is 116 Å². The van der Waals surface area contributed by atoms with Gasteiger partial charge in [0.15, 0.2) is 0 Å². The van der Waals surface area contributed by atoms with Crippen LogP contribution < -0.4 is 4.90 Å². The summed E-state index contributed by atoms with van der Waals surface area (Å²) in [6.45, 7) is 6.80. The van der Waals surface area contributed by atoms with E-state index in [1.54, 1.807) is 11.1 Å². The molecule has 1 nitrogen and oxygen atoms in total. The van der Waals surface area contributed by atoms with E-state index in [-0.39, 0.29) is 5.41 Å². The first kappa shape index (κ1) is 31.1. The minimum atomic E-state index is 0.0904. The normalized spacial score (nSPS) is 13.1. The number of benzene rings is 4. The Bertz CT molecular complexity index is 1380. The first-order valence-electron chi connectivity index (χ1n) is 17.3. The highest BCUT2D eigenvalue weighted by Crippen LogP contribution is 2.55. The second-order valence-electron chi connectivity index (χ2n) is 12.9. The molecule has 1 heteroatoms. The largest absolute Gasteiger partial charge is 0.310 e. The second-order valence-corrected chi connectivity index (χ2v) is 12.9. The summed E-state index contributed by atoms with van der Waals surface area (Å²) in [6, 6.07) is 36.6. The number of fused-ring (bicyclic) bond motifs is 3. The van der Waals surface area contributed by atoms with Crippen molar-refractivity contribution in [2.24, 2.45) is 0 Å². The molecule has 0 N–H and O–H groups in total. The third kappa shape index (κ3) is 7.26. The van der Waals surface area contributed by atoms with Crippen LogP contribution >= 0.6 is 0 Å². The van der Waals surface area contributed by atoms with Gasteiger partial charge in [0.2, 0.25) is 0 Å². The summed E-state index contributed by atoms with van der Waals surface area (Å²) in [5.74, 6) is 0. The minimum absolute atomic E-state index is 0.0904. The van der Waals surface area contributed by atoms with Gasteiger partial charge in [0.25, 0.3) is 0 Å². The second kappa shape index (κ2) is 15.4. The van der Waals surface area contributed by atoms with Crippen LogP contribution in [0.15, 0.2) is 97.1 Å². The molecule has 0 saturated heterocycles. The molecule has 0 saturated carbocycles. The van der Waals surface area contributed by atoms with Crippen molar-refractivity contribution >= 4 is 17.1 Å². The number of hydrogen-bond donors (Lipinski definition) is 0. The van der Waals surface area contributed by atoms with E-state index in [0.29, 0.717) is 0 Å². The molecule has 5 rings (SSSR count). The Balaban J connectivity index is 1.55. The van der Waals surface area contributed by atoms with Crippen molar-refractivity contribution < 1.29 is 0 Å². The van der Waals surface area contributed by atoms with Crippen LogP contribution in [0.25, 0.3) is 11.1 Å². The van der Waals surface area contributed by atoms with E-state index < -0.39 is 0 Å². The number of aryl methyl sites for hydroxylation is 1. The molecular formula is C42H53N. The molecule has 0 fully saturated rings. The summed E-state index contributed by atoms with van der Waals surface area (Å²) in [5.41, 5.74) is 11.1. The first-order valence-corrected chi connectivity index (χ1v) is 17.3. The Kier molecular flexibility index (Phi) is 11.2. The van der Waals surface area contributed by atoms with Crippen LogP contribution in [0.2, 0.25) is 0 Å². The van der Waals surface area contributed by atoms with Gasteiger partial charge >= 0.3 is 0 Å². The average molecular weight is 572 g/mol. The van der Waals surface area contributed by atoms with Crippen LogP contribution in [0.1, 0.15) is 120 Å². The predicted octanol–water partition coefficient (Wildman–Crippen LogP) is 13.2. The Labute approximate surface area is 262 Å². The molecule has 0 unspecified atom stereocenters. The van der Waals surface area contributed by atoms with E-state index in [0.717, 1.165) is 0 Å². The van der Waals surface area contributed by atoms with E-state index in [2.05, 4.69) is 123 Å². The van der Waals surface area contributed by atoms with Crippen LogP contribution in [-0.2, 0) is 5.41 Å². The van der Waals surface area contributed by atoms with E-state index in [4.69, 9.17) is 0 Å².